The van der Waals surface area contributed by atoms with E-state index < -0.39 is 0 Å². The predicted octanol–water partition coefficient (Wildman–Crippen LogP) is 3.97. The van der Waals surface area contributed by atoms with Gasteiger partial charge in [-0.25, -0.2) is 0 Å². The van der Waals surface area contributed by atoms with Crippen molar-refractivity contribution in [1.82, 2.24) is 10.6 Å². The van der Waals surface area contributed by atoms with Crippen molar-refractivity contribution in [2.45, 2.75) is 32.9 Å². The van der Waals surface area contributed by atoms with Gasteiger partial charge in [0.1, 0.15) is 0 Å². The molecule has 5 heteroatoms. The van der Waals surface area contributed by atoms with Crippen molar-refractivity contribution in [2.75, 3.05) is 6.54 Å². The molecular weight excluding hydrogens is 287 g/mol. The molecule has 0 bridgehead atoms. The lowest BCUT2D eigenvalue weighted by atomic mass is 10.1. The average Bonchev–Trinajstić information content (AvgIpc) is 2.27. The second-order valence-corrected chi connectivity index (χ2v) is 5.92. The highest BCUT2D eigenvalue weighted by Gasteiger charge is 2.13. The van der Waals surface area contributed by atoms with Gasteiger partial charge in [0.15, 0.2) is 0 Å². The first-order valence-corrected chi connectivity index (χ1v) is 7.02. The molecule has 0 fully saturated rings. The van der Waals surface area contributed by atoms with Crippen LogP contribution in [0.2, 0.25) is 10.0 Å². The monoisotopic (exact) mass is 304 g/mol. The topological polar surface area (TPSA) is 24.1 Å². The second-order valence-electron chi connectivity index (χ2n) is 4.49. The third-order valence-corrected chi connectivity index (χ3v) is 3.31. The summed E-state index contributed by atoms with van der Waals surface area (Å²) in [6.45, 7) is 6.87. The van der Waals surface area contributed by atoms with Crippen molar-refractivity contribution >= 4 is 40.4 Å². The van der Waals surface area contributed by atoms with E-state index >= 15 is 0 Å². The fourth-order valence-electron chi connectivity index (χ4n) is 1.58. The van der Waals surface area contributed by atoms with Gasteiger partial charge in [0.05, 0.1) is 21.1 Å². The summed E-state index contributed by atoms with van der Waals surface area (Å²) in [5.74, 6) is 0. The van der Waals surface area contributed by atoms with Gasteiger partial charge in [-0.15, -0.1) is 0 Å². The van der Waals surface area contributed by atoms with Crippen molar-refractivity contribution in [1.29, 1.82) is 0 Å². The summed E-state index contributed by atoms with van der Waals surface area (Å²) < 4.78 is 0. The normalized spacial score (nSPS) is 12.6. The molecule has 0 aliphatic heterocycles. The Balaban J connectivity index is 2.86. The SMILES string of the molecule is CC(=S)NC(CNC(C)C)c1ccc(Cl)c(Cl)c1. The Morgan fingerprint density at radius 1 is 1.28 bits per heavy atom. The lowest BCUT2D eigenvalue weighted by Crippen LogP contribution is -2.36. The highest BCUT2D eigenvalue weighted by Crippen LogP contribution is 2.25. The molecule has 1 aromatic carbocycles. The molecule has 0 aromatic heterocycles. The summed E-state index contributed by atoms with van der Waals surface area (Å²) in [7, 11) is 0. The Bertz CT molecular complexity index is 421. The molecule has 0 aliphatic carbocycles. The molecule has 1 atom stereocenters. The van der Waals surface area contributed by atoms with Crippen molar-refractivity contribution in [3.05, 3.63) is 33.8 Å². The van der Waals surface area contributed by atoms with Crippen LogP contribution in [0.3, 0.4) is 0 Å². The Morgan fingerprint density at radius 2 is 1.94 bits per heavy atom. The summed E-state index contributed by atoms with van der Waals surface area (Å²) >= 11 is 17.1. The van der Waals surface area contributed by atoms with Crippen molar-refractivity contribution in [3.63, 3.8) is 0 Å². The highest BCUT2D eigenvalue weighted by atomic mass is 35.5. The van der Waals surface area contributed by atoms with Gasteiger partial charge >= 0.3 is 0 Å². The molecule has 0 radical (unpaired) electrons. The average molecular weight is 305 g/mol. The molecule has 1 rings (SSSR count). The molecule has 0 saturated carbocycles. The van der Waals surface area contributed by atoms with Gasteiger partial charge < -0.3 is 10.6 Å². The number of hydrogen-bond acceptors (Lipinski definition) is 2. The van der Waals surface area contributed by atoms with Crippen LogP contribution in [0.1, 0.15) is 32.4 Å². The minimum atomic E-state index is 0.0969. The van der Waals surface area contributed by atoms with E-state index in [1.54, 1.807) is 0 Å². The number of halogens is 2. The van der Waals surface area contributed by atoms with Gasteiger partial charge in [-0.1, -0.05) is 55.3 Å². The summed E-state index contributed by atoms with van der Waals surface area (Å²) in [6, 6.07) is 6.16. The molecule has 0 aliphatic rings. The number of thiocarbonyl (C=S) groups is 1. The smallest absolute Gasteiger partial charge is 0.0727 e. The van der Waals surface area contributed by atoms with Gasteiger partial charge in [0, 0.05) is 12.6 Å². The maximum Gasteiger partial charge on any atom is 0.0727 e. The standard InChI is InChI=1S/C13H18Cl2N2S/c1-8(2)16-7-13(17-9(3)18)10-4-5-11(14)12(15)6-10/h4-6,8,13,16H,7H2,1-3H3,(H,17,18). The Labute approximate surface area is 124 Å². The minimum absolute atomic E-state index is 0.0969. The zero-order chi connectivity index (χ0) is 13.7. The van der Waals surface area contributed by atoms with Gasteiger partial charge in [-0.2, -0.15) is 0 Å². The molecule has 2 nitrogen and oxygen atoms in total. The minimum Gasteiger partial charge on any atom is -0.372 e. The van der Waals surface area contributed by atoms with Crippen LogP contribution in [-0.4, -0.2) is 17.6 Å². The van der Waals surface area contributed by atoms with E-state index in [1.165, 1.54) is 0 Å². The van der Waals surface area contributed by atoms with Crippen molar-refractivity contribution in [3.8, 4) is 0 Å². The zero-order valence-electron chi connectivity index (χ0n) is 10.8. The summed E-state index contributed by atoms with van der Waals surface area (Å²) in [5.41, 5.74) is 1.07. The molecule has 0 heterocycles. The highest BCUT2D eigenvalue weighted by molar-refractivity contribution is 7.80. The fourth-order valence-corrected chi connectivity index (χ4v) is 2.03. The molecule has 2 N–H and O–H groups in total. The van der Waals surface area contributed by atoms with Crippen molar-refractivity contribution < 1.29 is 0 Å². The van der Waals surface area contributed by atoms with Crippen LogP contribution < -0.4 is 10.6 Å². The molecule has 1 aromatic rings. The molecule has 100 valence electrons. The van der Waals surface area contributed by atoms with Crippen LogP contribution in [0.4, 0.5) is 0 Å². The predicted molar refractivity (Wildman–Crippen MR) is 83.7 cm³/mol. The van der Waals surface area contributed by atoms with E-state index in [0.717, 1.165) is 17.1 Å². The zero-order valence-corrected chi connectivity index (χ0v) is 13.1. The van der Waals surface area contributed by atoms with Gasteiger partial charge in [0.25, 0.3) is 0 Å². The quantitative estimate of drug-likeness (QED) is 0.805. The Kier molecular flexibility index (Phi) is 6.36. The van der Waals surface area contributed by atoms with Crippen LogP contribution in [-0.2, 0) is 0 Å². The van der Waals surface area contributed by atoms with Crippen LogP contribution in [0.5, 0.6) is 0 Å². The third kappa shape index (κ3) is 5.11. The van der Waals surface area contributed by atoms with E-state index in [0.29, 0.717) is 16.1 Å². The molecule has 18 heavy (non-hydrogen) atoms. The van der Waals surface area contributed by atoms with E-state index in [9.17, 15) is 0 Å². The number of nitrogens with one attached hydrogen (secondary N) is 2. The van der Waals surface area contributed by atoms with Crippen LogP contribution in [0.25, 0.3) is 0 Å². The van der Waals surface area contributed by atoms with E-state index in [-0.39, 0.29) is 6.04 Å². The summed E-state index contributed by atoms with van der Waals surface area (Å²) in [4.78, 5) is 0.761. The maximum atomic E-state index is 6.04. The second kappa shape index (κ2) is 7.29. The van der Waals surface area contributed by atoms with Crippen molar-refractivity contribution in [2.24, 2.45) is 0 Å². The maximum absolute atomic E-state index is 6.04. The fraction of sp³-hybridized carbons (Fsp3) is 0.462. The Hall–Kier alpha value is -0.350. The Morgan fingerprint density at radius 3 is 2.44 bits per heavy atom. The molecule has 0 spiro atoms. The largest absolute Gasteiger partial charge is 0.372 e. The summed E-state index contributed by atoms with van der Waals surface area (Å²) in [6.07, 6.45) is 0. The first kappa shape index (κ1) is 15.7. The molecule has 1 unspecified atom stereocenters. The molecule has 0 amide bonds. The summed E-state index contributed by atoms with van der Waals surface area (Å²) in [5, 5.41) is 7.78. The van der Waals surface area contributed by atoms with E-state index in [4.69, 9.17) is 35.4 Å². The first-order valence-electron chi connectivity index (χ1n) is 5.85. The van der Waals surface area contributed by atoms with Crippen LogP contribution in [0, 0.1) is 0 Å². The number of rotatable bonds is 5. The molecule has 0 saturated heterocycles. The molecular formula is C13H18Cl2N2S. The lowest BCUT2D eigenvalue weighted by molar-refractivity contribution is 0.513. The number of benzene rings is 1. The van der Waals surface area contributed by atoms with Crippen LogP contribution in [0.15, 0.2) is 18.2 Å². The van der Waals surface area contributed by atoms with E-state index in [2.05, 4.69) is 24.5 Å². The van der Waals surface area contributed by atoms with Crippen LogP contribution >= 0.6 is 35.4 Å². The third-order valence-electron chi connectivity index (χ3n) is 2.45. The first-order chi connectivity index (χ1) is 8.40. The lowest BCUT2D eigenvalue weighted by Gasteiger charge is -2.22. The van der Waals surface area contributed by atoms with Gasteiger partial charge in [-0.05, 0) is 24.6 Å². The number of hydrogen-bond donors (Lipinski definition) is 2. The van der Waals surface area contributed by atoms with Gasteiger partial charge in [0.2, 0.25) is 0 Å². The van der Waals surface area contributed by atoms with Gasteiger partial charge in [-0.3, -0.25) is 0 Å². The van der Waals surface area contributed by atoms with E-state index in [1.807, 2.05) is 25.1 Å².